The molecule has 9 heteroatoms. The predicted molar refractivity (Wildman–Crippen MR) is 149 cm³/mol. The van der Waals surface area contributed by atoms with E-state index in [1.54, 1.807) is 46.2 Å². The summed E-state index contributed by atoms with van der Waals surface area (Å²) < 4.78 is 12.6. The molecule has 4 rings (SSSR count). The van der Waals surface area contributed by atoms with Crippen molar-refractivity contribution in [1.29, 1.82) is 0 Å². The van der Waals surface area contributed by atoms with Gasteiger partial charge in [-0.2, -0.15) is 0 Å². The number of likely N-dealkylation sites (tertiary alicyclic amines) is 1. The van der Waals surface area contributed by atoms with Gasteiger partial charge in [-0.15, -0.1) is 0 Å². The van der Waals surface area contributed by atoms with E-state index >= 15 is 0 Å². The first-order valence-electron chi connectivity index (χ1n) is 13.5. The third-order valence-electron chi connectivity index (χ3n) is 6.78. The minimum atomic E-state index is -0.703. The Morgan fingerprint density at radius 3 is 2.62 bits per heavy atom. The number of rotatable bonds is 7. The summed E-state index contributed by atoms with van der Waals surface area (Å²) in [6, 6.07) is 8.61. The van der Waals surface area contributed by atoms with Crippen molar-refractivity contribution >= 4 is 28.9 Å². The highest BCUT2D eigenvalue weighted by molar-refractivity contribution is 6.04. The Bertz CT molecular complexity index is 1360. The van der Waals surface area contributed by atoms with Crippen LogP contribution in [0.2, 0.25) is 0 Å². The smallest absolute Gasteiger partial charge is 0.408 e. The summed E-state index contributed by atoms with van der Waals surface area (Å²) in [5.74, 6) is -0.600. The molecule has 1 aliphatic rings. The second kappa shape index (κ2) is 11.5. The summed E-state index contributed by atoms with van der Waals surface area (Å²) in [6.07, 6.45) is 6.52. The summed E-state index contributed by atoms with van der Waals surface area (Å²) in [6.45, 7) is 11.9. The van der Waals surface area contributed by atoms with E-state index in [1.807, 2.05) is 53.8 Å². The Morgan fingerprint density at radius 2 is 1.92 bits per heavy atom. The van der Waals surface area contributed by atoms with E-state index in [0.717, 1.165) is 35.0 Å². The summed E-state index contributed by atoms with van der Waals surface area (Å²) in [5, 5.41) is 3.59. The van der Waals surface area contributed by atoms with Gasteiger partial charge in [0.2, 0.25) is 5.91 Å². The molecule has 0 saturated carbocycles. The number of nitrogens with zero attached hydrogens (tertiary/aromatic N) is 3. The fraction of sp³-hybridized carbons (Fsp3) is 0.467. The zero-order chi connectivity index (χ0) is 28.3. The zero-order valence-electron chi connectivity index (χ0n) is 23.6. The average molecular weight is 535 g/mol. The Balaban J connectivity index is 1.60. The van der Waals surface area contributed by atoms with Crippen LogP contribution in [0.3, 0.4) is 0 Å². The van der Waals surface area contributed by atoms with Crippen molar-refractivity contribution < 1.29 is 23.9 Å². The predicted octanol–water partition coefficient (Wildman–Crippen LogP) is 5.42. The first kappa shape index (κ1) is 28.1. The number of aromatic nitrogens is 2. The lowest BCUT2D eigenvalue weighted by Crippen LogP contribution is -2.52. The van der Waals surface area contributed by atoms with Crippen molar-refractivity contribution in [1.82, 2.24) is 19.8 Å². The van der Waals surface area contributed by atoms with E-state index in [2.05, 4.69) is 10.3 Å². The van der Waals surface area contributed by atoms with Gasteiger partial charge in [0.05, 0.1) is 35.6 Å². The van der Waals surface area contributed by atoms with Gasteiger partial charge in [0.15, 0.2) is 0 Å². The number of fused-ring (bicyclic) bond motifs is 1. The molecule has 0 aliphatic carbocycles. The van der Waals surface area contributed by atoms with Crippen molar-refractivity contribution in [2.45, 2.75) is 72.1 Å². The number of alkyl carbamates (subject to hydrolysis) is 1. The van der Waals surface area contributed by atoms with Crippen molar-refractivity contribution in [2.24, 2.45) is 5.92 Å². The molecule has 39 heavy (non-hydrogen) atoms. The van der Waals surface area contributed by atoms with Gasteiger partial charge in [-0.05, 0) is 76.3 Å². The molecule has 2 amide bonds. The van der Waals surface area contributed by atoms with Gasteiger partial charge in [0.1, 0.15) is 11.6 Å². The normalized spacial score (nSPS) is 16.4. The summed E-state index contributed by atoms with van der Waals surface area (Å²) in [4.78, 5) is 45.0. The molecule has 1 saturated heterocycles. The van der Waals surface area contributed by atoms with Crippen molar-refractivity contribution in [2.75, 3.05) is 13.2 Å². The Hall–Kier alpha value is -3.88. The number of carbonyl (C=O) groups excluding carboxylic acids is 3. The van der Waals surface area contributed by atoms with Gasteiger partial charge in [0.25, 0.3) is 0 Å². The van der Waals surface area contributed by atoms with Crippen molar-refractivity contribution in [3.8, 4) is 5.69 Å². The van der Waals surface area contributed by atoms with Crippen LogP contribution < -0.4 is 5.32 Å². The molecule has 0 bridgehead atoms. The molecule has 2 unspecified atom stereocenters. The maximum atomic E-state index is 13.7. The fourth-order valence-electron chi connectivity index (χ4n) is 5.04. The van der Waals surface area contributed by atoms with E-state index in [-0.39, 0.29) is 23.8 Å². The van der Waals surface area contributed by atoms with Crippen LogP contribution in [0.4, 0.5) is 4.79 Å². The van der Waals surface area contributed by atoms with E-state index in [4.69, 9.17) is 9.47 Å². The van der Waals surface area contributed by atoms with E-state index in [9.17, 15) is 14.4 Å². The fourth-order valence-corrected chi connectivity index (χ4v) is 5.04. The molecule has 0 radical (unpaired) electrons. The number of hydrogen-bond acceptors (Lipinski definition) is 6. The lowest BCUT2D eigenvalue weighted by atomic mass is 10.0. The Morgan fingerprint density at radius 1 is 1.15 bits per heavy atom. The third-order valence-corrected chi connectivity index (χ3v) is 6.78. The number of carbonyl (C=O) groups is 3. The van der Waals surface area contributed by atoms with Gasteiger partial charge in [0, 0.05) is 24.3 Å². The van der Waals surface area contributed by atoms with Crippen molar-refractivity contribution in [3.63, 3.8) is 0 Å². The molecule has 1 N–H and O–H groups in total. The SMILES string of the molecule is CCOC(=O)c1cccc2c1ccn2-c1cncc(C2CCCN2C(=O)C(NC(=O)OC(C)(C)C)C(C)C)c1. The molecule has 2 aromatic heterocycles. The van der Waals surface area contributed by atoms with Gasteiger partial charge < -0.3 is 24.3 Å². The van der Waals surface area contributed by atoms with Crippen LogP contribution in [0.25, 0.3) is 16.6 Å². The third kappa shape index (κ3) is 6.24. The Kier molecular flexibility index (Phi) is 8.28. The lowest BCUT2D eigenvalue weighted by molar-refractivity contribution is -0.135. The summed E-state index contributed by atoms with van der Waals surface area (Å²) >= 11 is 0. The number of amides is 2. The van der Waals surface area contributed by atoms with Crippen molar-refractivity contribution in [3.05, 3.63) is 60.0 Å². The van der Waals surface area contributed by atoms with E-state index in [0.29, 0.717) is 18.7 Å². The maximum absolute atomic E-state index is 13.7. The molecule has 2 atom stereocenters. The molecular weight excluding hydrogens is 496 g/mol. The second-order valence-electron chi connectivity index (χ2n) is 11.2. The largest absolute Gasteiger partial charge is 0.462 e. The van der Waals surface area contributed by atoms with E-state index in [1.165, 1.54) is 0 Å². The molecule has 208 valence electrons. The van der Waals surface area contributed by atoms with E-state index < -0.39 is 17.7 Å². The minimum Gasteiger partial charge on any atom is -0.462 e. The number of pyridine rings is 1. The lowest BCUT2D eigenvalue weighted by Gasteiger charge is -2.32. The highest BCUT2D eigenvalue weighted by atomic mass is 16.6. The average Bonchev–Trinajstić information content (AvgIpc) is 3.53. The molecule has 0 spiro atoms. The van der Waals surface area contributed by atoms with Gasteiger partial charge >= 0.3 is 12.1 Å². The summed E-state index contributed by atoms with van der Waals surface area (Å²) in [7, 11) is 0. The molecule has 3 aromatic rings. The van der Waals surface area contributed by atoms with Crippen LogP contribution in [0.15, 0.2) is 48.9 Å². The van der Waals surface area contributed by atoms with Crippen LogP contribution >= 0.6 is 0 Å². The highest BCUT2D eigenvalue weighted by Gasteiger charge is 2.37. The number of benzene rings is 1. The quantitative estimate of drug-likeness (QED) is 0.406. The zero-order valence-corrected chi connectivity index (χ0v) is 23.6. The molecular formula is C30H38N4O5. The topological polar surface area (TPSA) is 103 Å². The highest BCUT2D eigenvalue weighted by Crippen LogP contribution is 2.34. The molecule has 9 nitrogen and oxygen atoms in total. The first-order valence-corrected chi connectivity index (χ1v) is 13.5. The molecule has 1 aliphatic heterocycles. The first-order chi connectivity index (χ1) is 18.5. The number of esters is 1. The molecule has 1 fully saturated rings. The standard InChI is InChI=1S/C30H38N4O5/c1-7-38-28(36)23-10-8-11-25-22(23)13-15-33(25)21-16-20(17-31-18-21)24-12-9-14-34(24)27(35)26(19(2)3)32-29(37)39-30(4,5)6/h8,10-11,13,15-19,24,26H,7,9,12,14H2,1-6H3,(H,32,37). The molecule has 3 heterocycles. The number of nitrogens with one attached hydrogen (secondary N) is 1. The maximum Gasteiger partial charge on any atom is 0.408 e. The Labute approximate surface area is 229 Å². The monoisotopic (exact) mass is 534 g/mol. The van der Waals surface area contributed by atoms with Crippen LogP contribution in [0.1, 0.15) is 76.3 Å². The van der Waals surface area contributed by atoms with Crippen LogP contribution in [-0.4, -0.2) is 57.2 Å². The molecule has 1 aromatic carbocycles. The van der Waals surface area contributed by atoms with Gasteiger partial charge in [-0.3, -0.25) is 9.78 Å². The number of hydrogen-bond donors (Lipinski definition) is 1. The van der Waals surface area contributed by atoms with Crippen LogP contribution in [0, 0.1) is 5.92 Å². The van der Waals surface area contributed by atoms with Gasteiger partial charge in [-0.1, -0.05) is 19.9 Å². The van der Waals surface area contributed by atoms with Gasteiger partial charge in [-0.25, -0.2) is 9.59 Å². The summed E-state index contributed by atoms with van der Waals surface area (Å²) in [5.41, 5.74) is 2.47. The van der Waals surface area contributed by atoms with Crippen LogP contribution in [0.5, 0.6) is 0 Å². The second-order valence-corrected chi connectivity index (χ2v) is 11.2. The van der Waals surface area contributed by atoms with Crippen LogP contribution in [-0.2, 0) is 14.3 Å². The number of ether oxygens (including phenoxy) is 2. The minimum absolute atomic E-state index is 0.115.